The van der Waals surface area contributed by atoms with Crippen LogP contribution in [-0.4, -0.2) is 36.5 Å². The average molecular weight is 307 g/mol. The van der Waals surface area contributed by atoms with Gasteiger partial charge in [-0.3, -0.25) is 4.79 Å². The van der Waals surface area contributed by atoms with Crippen LogP contribution in [0.1, 0.15) is 41.6 Å². The fraction of sp³-hybridized carbons (Fsp3) is 0.588. The Bertz CT molecular complexity index is 522. The van der Waals surface area contributed by atoms with Crippen molar-refractivity contribution in [1.82, 2.24) is 10.2 Å². The van der Waals surface area contributed by atoms with E-state index in [9.17, 15) is 4.79 Å². The molecule has 0 aromatic heterocycles. The van der Waals surface area contributed by atoms with E-state index in [-0.39, 0.29) is 5.91 Å². The van der Waals surface area contributed by atoms with Crippen LogP contribution >= 0.6 is 11.6 Å². The van der Waals surface area contributed by atoms with Crippen molar-refractivity contribution < 1.29 is 4.79 Å². The summed E-state index contributed by atoms with van der Waals surface area (Å²) in [6, 6.07) is 6.08. The minimum absolute atomic E-state index is 0.163. The number of amides is 1. The summed E-state index contributed by atoms with van der Waals surface area (Å²) >= 11 is 6.17. The summed E-state index contributed by atoms with van der Waals surface area (Å²) in [4.78, 5) is 15.0. The molecule has 114 valence electrons. The molecule has 0 atom stereocenters. The molecule has 4 heteroatoms. The molecule has 1 heterocycles. The predicted molar refractivity (Wildman–Crippen MR) is 85.8 cm³/mol. The molecule has 3 nitrogen and oxygen atoms in total. The van der Waals surface area contributed by atoms with Gasteiger partial charge in [0.2, 0.25) is 0 Å². The van der Waals surface area contributed by atoms with Gasteiger partial charge in [-0.25, -0.2) is 0 Å². The molecule has 1 aromatic rings. The van der Waals surface area contributed by atoms with Crippen LogP contribution in [0, 0.1) is 12.8 Å². The van der Waals surface area contributed by atoms with Crippen molar-refractivity contribution in [2.45, 2.75) is 38.6 Å². The first-order valence-corrected chi connectivity index (χ1v) is 8.31. The lowest BCUT2D eigenvalue weighted by Crippen LogP contribution is -2.40. The van der Waals surface area contributed by atoms with E-state index in [2.05, 4.69) is 10.2 Å². The van der Waals surface area contributed by atoms with Crippen LogP contribution in [0.5, 0.6) is 0 Å². The normalized spacial score (nSPS) is 19.5. The number of hydrogen-bond donors (Lipinski definition) is 1. The number of hydrogen-bond acceptors (Lipinski definition) is 2. The Morgan fingerprint density at radius 1 is 1.29 bits per heavy atom. The molecule has 1 aliphatic heterocycles. The number of rotatable bonds is 4. The Kier molecular flexibility index (Phi) is 4.51. The lowest BCUT2D eigenvalue weighted by Gasteiger charge is -2.30. The highest BCUT2D eigenvalue weighted by atomic mass is 35.5. The minimum Gasteiger partial charge on any atom is -0.335 e. The Labute approximate surface area is 131 Å². The summed E-state index contributed by atoms with van der Waals surface area (Å²) in [5.41, 5.74) is 1.67. The lowest BCUT2D eigenvalue weighted by molar-refractivity contribution is 0.0701. The predicted octanol–water partition coefficient (Wildman–Crippen LogP) is 3.25. The van der Waals surface area contributed by atoms with E-state index in [0.717, 1.165) is 43.6 Å². The average Bonchev–Trinajstić information content (AvgIpc) is 3.33. The van der Waals surface area contributed by atoms with Gasteiger partial charge in [0.05, 0.1) is 0 Å². The maximum atomic E-state index is 12.9. The molecule has 3 rings (SSSR count). The summed E-state index contributed by atoms with van der Waals surface area (Å²) < 4.78 is 0. The zero-order chi connectivity index (χ0) is 14.8. The van der Waals surface area contributed by atoms with Crippen LogP contribution in [0.25, 0.3) is 0 Å². The molecular formula is C17H23ClN2O. The zero-order valence-electron chi connectivity index (χ0n) is 12.6. The third kappa shape index (κ3) is 3.41. The quantitative estimate of drug-likeness (QED) is 0.926. The second-order valence-electron chi connectivity index (χ2n) is 6.29. The number of carbonyl (C=O) groups is 1. The number of benzene rings is 1. The third-order valence-corrected chi connectivity index (χ3v) is 5.07. The number of carbonyl (C=O) groups excluding carboxylic acids is 1. The summed E-state index contributed by atoms with van der Waals surface area (Å²) in [5.74, 6) is 0.798. The summed E-state index contributed by atoms with van der Waals surface area (Å²) in [5, 5.41) is 4.07. The highest BCUT2D eigenvalue weighted by Crippen LogP contribution is 2.31. The van der Waals surface area contributed by atoms with Crippen molar-refractivity contribution in [3.05, 3.63) is 34.3 Å². The van der Waals surface area contributed by atoms with Crippen LogP contribution in [0.2, 0.25) is 5.02 Å². The SMILES string of the molecule is Cc1c(Cl)cccc1C(=O)N(CC1CCNCC1)C1CC1. The maximum absolute atomic E-state index is 12.9. The van der Waals surface area contributed by atoms with Crippen molar-refractivity contribution in [3.63, 3.8) is 0 Å². The number of halogens is 1. The highest BCUT2D eigenvalue weighted by Gasteiger charge is 2.35. The van der Waals surface area contributed by atoms with Gasteiger partial charge in [0.25, 0.3) is 5.91 Å². The molecule has 1 amide bonds. The topological polar surface area (TPSA) is 32.3 Å². The molecule has 1 N–H and O–H groups in total. The molecule has 0 bridgehead atoms. The van der Waals surface area contributed by atoms with E-state index in [1.54, 1.807) is 0 Å². The highest BCUT2D eigenvalue weighted by molar-refractivity contribution is 6.31. The fourth-order valence-corrected chi connectivity index (χ4v) is 3.29. The smallest absolute Gasteiger partial charge is 0.254 e. The Morgan fingerprint density at radius 3 is 2.67 bits per heavy atom. The molecule has 21 heavy (non-hydrogen) atoms. The molecule has 1 aromatic carbocycles. The molecule has 1 saturated heterocycles. The Morgan fingerprint density at radius 2 is 2.00 bits per heavy atom. The van der Waals surface area contributed by atoms with Crippen LogP contribution in [-0.2, 0) is 0 Å². The van der Waals surface area contributed by atoms with E-state index >= 15 is 0 Å². The number of nitrogens with zero attached hydrogens (tertiary/aromatic N) is 1. The Hall–Kier alpha value is -1.06. The second kappa shape index (κ2) is 6.37. The van der Waals surface area contributed by atoms with Crippen LogP contribution in [0.4, 0.5) is 0 Å². The van der Waals surface area contributed by atoms with Gasteiger partial charge in [0.1, 0.15) is 0 Å². The first-order valence-electron chi connectivity index (χ1n) is 7.93. The van der Waals surface area contributed by atoms with Gasteiger partial charge in [0.15, 0.2) is 0 Å². The maximum Gasteiger partial charge on any atom is 0.254 e. The summed E-state index contributed by atoms with van der Waals surface area (Å²) in [6.45, 7) is 4.99. The van der Waals surface area contributed by atoms with Gasteiger partial charge in [-0.15, -0.1) is 0 Å². The third-order valence-electron chi connectivity index (χ3n) is 4.66. The zero-order valence-corrected chi connectivity index (χ0v) is 13.3. The molecule has 0 unspecified atom stereocenters. The molecule has 0 radical (unpaired) electrons. The van der Waals surface area contributed by atoms with E-state index in [1.807, 2.05) is 25.1 Å². The van der Waals surface area contributed by atoms with Crippen molar-refractivity contribution in [3.8, 4) is 0 Å². The molecule has 1 saturated carbocycles. The molecule has 1 aliphatic carbocycles. The first-order chi connectivity index (χ1) is 10.2. The first kappa shape index (κ1) is 14.9. The molecular weight excluding hydrogens is 284 g/mol. The van der Waals surface area contributed by atoms with E-state index < -0.39 is 0 Å². The monoisotopic (exact) mass is 306 g/mol. The summed E-state index contributed by atoms with van der Waals surface area (Å²) in [6.07, 6.45) is 4.64. The second-order valence-corrected chi connectivity index (χ2v) is 6.70. The standard InChI is InChI=1S/C17H23ClN2O/c1-12-15(3-2-4-16(12)18)17(21)20(14-5-6-14)11-13-7-9-19-10-8-13/h2-4,13-14,19H,5-11H2,1H3. The molecule has 2 aliphatic rings. The van der Waals surface area contributed by atoms with Crippen LogP contribution in [0.15, 0.2) is 18.2 Å². The van der Waals surface area contributed by atoms with E-state index in [0.29, 0.717) is 17.0 Å². The van der Waals surface area contributed by atoms with Crippen molar-refractivity contribution >= 4 is 17.5 Å². The van der Waals surface area contributed by atoms with Gasteiger partial charge in [-0.1, -0.05) is 17.7 Å². The lowest BCUT2D eigenvalue weighted by atomic mass is 9.97. The fourth-order valence-electron chi connectivity index (χ4n) is 3.12. The largest absolute Gasteiger partial charge is 0.335 e. The van der Waals surface area contributed by atoms with Gasteiger partial charge in [0, 0.05) is 23.2 Å². The van der Waals surface area contributed by atoms with E-state index in [1.165, 1.54) is 12.8 Å². The van der Waals surface area contributed by atoms with Crippen LogP contribution in [0.3, 0.4) is 0 Å². The van der Waals surface area contributed by atoms with Crippen molar-refractivity contribution in [2.24, 2.45) is 5.92 Å². The minimum atomic E-state index is 0.163. The van der Waals surface area contributed by atoms with Crippen LogP contribution < -0.4 is 5.32 Å². The number of nitrogens with one attached hydrogen (secondary N) is 1. The van der Waals surface area contributed by atoms with Gasteiger partial charge >= 0.3 is 0 Å². The van der Waals surface area contributed by atoms with Gasteiger partial charge in [-0.2, -0.15) is 0 Å². The summed E-state index contributed by atoms with van der Waals surface area (Å²) in [7, 11) is 0. The van der Waals surface area contributed by atoms with Crippen molar-refractivity contribution in [2.75, 3.05) is 19.6 Å². The van der Waals surface area contributed by atoms with Gasteiger partial charge < -0.3 is 10.2 Å². The molecule has 2 fully saturated rings. The van der Waals surface area contributed by atoms with Crippen molar-refractivity contribution in [1.29, 1.82) is 0 Å². The molecule has 0 spiro atoms. The van der Waals surface area contributed by atoms with E-state index in [4.69, 9.17) is 11.6 Å². The van der Waals surface area contributed by atoms with Gasteiger partial charge in [-0.05, 0) is 69.3 Å². The number of piperidine rings is 1. The Balaban J connectivity index is 1.76.